The van der Waals surface area contributed by atoms with Gasteiger partial charge in [-0.15, -0.1) is 0 Å². The first-order valence-corrected chi connectivity index (χ1v) is 5.05. The Kier molecular flexibility index (Phi) is 5.72. The molecule has 2 N–H and O–H groups in total. The maximum absolute atomic E-state index is 11.1. The van der Waals surface area contributed by atoms with Crippen molar-refractivity contribution in [2.75, 3.05) is 27.7 Å². The van der Waals surface area contributed by atoms with E-state index >= 15 is 0 Å². The Morgan fingerprint density at radius 1 is 1.50 bits per heavy atom. The van der Waals surface area contributed by atoms with Crippen molar-refractivity contribution in [3.8, 4) is 0 Å². The predicted octanol–water partition coefficient (Wildman–Crippen LogP) is 0.781. The van der Waals surface area contributed by atoms with Gasteiger partial charge in [-0.25, -0.2) is 0 Å². The molecule has 0 saturated carbocycles. The molecule has 0 aliphatic heterocycles. The SMILES string of the molecule is CCC(CCCN(C)C)(NC)C(=O)O. The summed E-state index contributed by atoms with van der Waals surface area (Å²) in [6, 6.07) is 0. The summed E-state index contributed by atoms with van der Waals surface area (Å²) in [6.07, 6.45) is 2.19. The minimum Gasteiger partial charge on any atom is -0.480 e. The van der Waals surface area contributed by atoms with Crippen LogP contribution in [0.1, 0.15) is 26.2 Å². The first-order chi connectivity index (χ1) is 6.48. The van der Waals surface area contributed by atoms with Crippen molar-refractivity contribution in [1.82, 2.24) is 10.2 Å². The van der Waals surface area contributed by atoms with E-state index in [0.29, 0.717) is 12.8 Å². The van der Waals surface area contributed by atoms with Gasteiger partial charge in [-0.2, -0.15) is 0 Å². The molecule has 0 aliphatic rings. The van der Waals surface area contributed by atoms with Crippen LogP contribution in [0, 0.1) is 0 Å². The largest absolute Gasteiger partial charge is 0.480 e. The molecule has 0 amide bonds. The van der Waals surface area contributed by atoms with Crippen LogP contribution in [0.3, 0.4) is 0 Å². The lowest BCUT2D eigenvalue weighted by Crippen LogP contribution is -2.50. The first-order valence-electron chi connectivity index (χ1n) is 5.05. The van der Waals surface area contributed by atoms with Gasteiger partial charge in [0, 0.05) is 0 Å². The Bertz CT molecular complexity index is 177. The number of aliphatic carboxylic acids is 1. The first kappa shape index (κ1) is 13.4. The normalized spacial score (nSPS) is 15.5. The van der Waals surface area contributed by atoms with Crippen LogP contribution in [-0.4, -0.2) is 49.2 Å². The van der Waals surface area contributed by atoms with Crippen molar-refractivity contribution >= 4 is 5.97 Å². The third-order valence-electron chi connectivity index (χ3n) is 2.70. The summed E-state index contributed by atoms with van der Waals surface area (Å²) in [5.41, 5.74) is -0.740. The topological polar surface area (TPSA) is 52.6 Å². The minimum atomic E-state index is -0.749. The average molecular weight is 202 g/mol. The number of likely N-dealkylation sites (N-methyl/N-ethyl adjacent to an activating group) is 1. The molecule has 0 aromatic rings. The summed E-state index contributed by atoms with van der Waals surface area (Å²) in [7, 11) is 5.70. The van der Waals surface area contributed by atoms with Gasteiger partial charge in [0.05, 0.1) is 0 Å². The lowest BCUT2D eigenvalue weighted by Gasteiger charge is -2.28. The fraction of sp³-hybridized carbons (Fsp3) is 0.900. The summed E-state index contributed by atoms with van der Waals surface area (Å²) in [6.45, 7) is 2.83. The Morgan fingerprint density at radius 3 is 2.36 bits per heavy atom. The maximum Gasteiger partial charge on any atom is 0.323 e. The highest BCUT2D eigenvalue weighted by atomic mass is 16.4. The Morgan fingerprint density at radius 2 is 2.07 bits per heavy atom. The van der Waals surface area contributed by atoms with Gasteiger partial charge in [0.1, 0.15) is 5.54 Å². The molecule has 0 spiro atoms. The Hall–Kier alpha value is -0.610. The standard InChI is InChI=1S/C10H22N2O2/c1-5-10(11-2,9(13)14)7-6-8-12(3)4/h11H,5-8H2,1-4H3,(H,13,14). The van der Waals surface area contributed by atoms with Crippen molar-refractivity contribution in [3.63, 3.8) is 0 Å². The lowest BCUT2D eigenvalue weighted by molar-refractivity contribution is -0.145. The van der Waals surface area contributed by atoms with Gasteiger partial charge < -0.3 is 15.3 Å². The number of rotatable bonds is 7. The van der Waals surface area contributed by atoms with Gasteiger partial charge in [-0.3, -0.25) is 4.79 Å². The smallest absolute Gasteiger partial charge is 0.323 e. The third kappa shape index (κ3) is 3.64. The maximum atomic E-state index is 11.1. The molecule has 0 saturated heterocycles. The highest BCUT2D eigenvalue weighted by Gasteiger charge is 2.33. The van der Waals surface area contributed by atoms with Crippen LogP contribution >= 0.6 is 0 Å². The average Bonchev–Trinajstić information content (AvgIpc) is 2.12. The molecule has 0 aromatic heterocycles. The van der Waals surface area contributed by atoms with Crippen molar-refractivity contribution in [1.29, 1.82) is 0 Å². The van der Waals surface area contributed by atoms with Crippen LogP contribution < -0.4 is 5.32 Å². The van der Waals surface area contributed by atoms with E-state index in [2.05, 4.69) is 10.2 Å². The molecule has 0 rings (SSSR count). The molecule has 0 aliphatic carbocycles. The zero-order chi connectivity index (χ0) is 11.2. The highest BCUT2D eigenvalue weighted by molar-refractivity contribution is 5.78. The second-order valence-electron chi connectivity index (χ2n) is 3.90. The van der Waals surface area contributed by atoms with E-state index < -0.39 is 11.5 Å². The van der Waals surface area contributed by atoms with Crippen LogP contribution in [0.15, 0.2) is 0 Å². The number of hydrogen-bond acceptors (Lipinski definition) is 3. The van der Waals surface area contributed by atoms with E-state index in [-0.39, 0.29) is 0 Å². The van der Waals surface area contributed by atoms with E-state index in [1.807, 2.05) is 21.0 Å². The second kappa shape index (κ2) is 5.98. The molecule has 84 valence electrons. The Balaban J connectivity index is 4.16. The summed E-state index contributed by atoms with van der Waals surface area (Å²) < 4.78 is 0. The van der Waals surface area contributed by atoms with E-state index in [1.54, 1.807) is 7.05 Å². The summed E-state index contributed by atoms with van der Waals surface area (Å²) in [4.78, 5) is 13.2. The van der Waals surface area contributed by atoms with Gasteiger partial charge in [-0.1, -0.05) is 6.92 Å². The molecule has 0 aromatic carbocycles. The van der Waals surface area contributed by atoms with E-state index in [9.17, 15) is 4.79 Å². The molecule has 14 heavy (non-hydrogen) atoms. The van der Waals surface area contributed by atoms with E-state index in [0.717, 1.165) is 13.0 Å². The molecule has 1 atom stereocenters. The van der Waals surface area contributed by atoms with Crippen LogP contribution in [0.5, 0.6) is 0 Å². The van der Waals surface area contributed by atoms with Gasteiger partial charge in [-0.05, 0) is 47.0 Å². The molecule has 0 bridgehead atoms. The van der Waals surface area contributed by atoms with Crippen molar-refractivity contribution < 1.29 is 9.90 Å². The molecular weight excluding hydrogens is 180 g/mol. The number of carboxylic acids is 1. The minimum absolute atomic E-state index is 0.617. The van der Waals surface area contributed by atoms with Crippen molar-refractivity contribution in [2.45, 2.75) is 31.7 Å². The summed E-state index contributed by atoms with van der Waals surface area (Å²) in [5.74, 6) is -0.749. The van der Waals surface area contributed by atoms with Crippen molar-refractivity contribution in [3.05, 3.63) is 0 Å². The van der Waals surface area contributed by atoms with E-state index in [1.165, 1.54) is 0 Å². The molecule has 1 unspecified atom stereocenters. The summed E-state index contributed by atoms with van der Waals surface area (Å²) >= 11 is 0. The number of carboxylic acid groups (broad SMARTS) is 1. The van der Waals surface area contributed by atoms with Gasteiger partial charge in [0.25, 0.3) is 0 Å². The molecule has 0 fully saturated rings. The fourth-order valence-corrected chi connectivity index (χ4v) is 1.54. The molecule has 0 radical (unpaired) electrons. The monoisotopic (exact) mass is 202 g/mol. The van der Waals surface area contributed by atoms with E-state index in [4.69, 9.17) is 5.11 Å². The van der Waals surface area contributed by atoms with Gasteiger partial charge >= 0.3 is 5.97 Å². The fourth-order valence-electron chi connectivity index (χ4n) is 1.54. The predicted molar refractivity (Wildman–Crippen MR) is 57.5 cm³/mol. The van der Waals surface area contributed by atoms with Crippen molar-refractivity contribution in [2.24, 2.45) is 0 Å². The molecule has 4 nitrogen and oxygen atoms in total. The lowest BCUT2D eigenvalue weighted by atomic mass is 9.90. The van der Waals surface area contributed by atoms with Gasteiger partial charge in [0.15, 0.2) is 0 Å². The molecule has 0 heterocycles. The van der Waals surface area contributed by atoms with Crippen LogP contribution in [0.4, 0.5) is 0 Å². The zero-order valence-corrected chi connectivity index (χ0v) is 9.63. The molecular formula is C10H22N2O2. The van der Waals surface area contributed by atoms with Crippen LogP contribution in [0.2, 0.25) is 0 Å². The second-order valence-corrected chi connectivity index (χ2v) is 3.90. The number of nitrogens with zero attached hydrogens (tertiary/aromatic N) is 1. The quantitative estimate of drug-likeness (QED) is 0.640. The Labute approximate surface area is 86.3 Å². The van der Waals surface area contributed by atoms with Crippen LogP contribution in [0.25, 0.3) is 0 Å². The number of carbonyl (C=O) groups is 1. The van der Waals surface area contributed by atoms with Gasteiger partial charge in [0.2, 0.25) is 0 Å². The third-order valence-corrected chi connectivity index (χ3v) is 2.70. The number of hydrogen-bond donors (Lipinski definition) is 2. The highest BCUT2D eigenvalue weighted by Crippen LogP contribution is 2.17. The molecule has 4 heteroatoms. The zero-order valence-electron chi connectivity index (χ0n) is 9.63. The number of nitrogens with one attached hydrogen (secondary N) is 1. The summed E-state index contributed by atoms with van der Waals surface area (Å²) in [5, 5.41) is 12.0. The van der Waals surface area contributed by atoms with Crippen LogP contribution in [-0.2, 0) is 4.79 Å².